The van der Waals surface area contributed by atoms with Gasteiger partial charge in [-0.25, -0.2) is 0 Å². The second kappa shape index (κ2) is 6.24. The van der Waals surface area contributed by atoms with Crippen LogP contribution in [0.5, 0.6) is 0 Å². The van der Waals surface area contributed by atoms with Gasteiger partial charge in [0.1, 0.15) is 0 Å². The van der Waals surface area contributed by atoms with Crippen LogP contribution < -0.4 is 5.32 Å². The van der Waals surface area contributed by atoms with Crippen LogP contribution in [-0.2, 0) is 6.54 Å². The summed E-state index contributed by atoms with van der Waals surface area (Å²) in [7, 11) is 0. The predicted octanol–water partition coefficient (Wildman–Crippen LogP) is 4.84. The molecule has 1 atom stereocenters. The summed E-state index contributed by atoms with van der Waals surface area (Å²) in [6.07, 6.45) is 0. The molecular formula is C15H15Cl2N. The summed E-state index contributed by atoms with van der Waals surface area (Å²) in [6.45, 7) is 2.96. The minimum absolute atomic E-state index is 0.290. The van der Waals surface area contributed by atoms with Crippen molar-refractivity contribution < 1.29 is 0 Å². The lowest BCUT2D eigenvalue weighted by Gasteiger charge is -2.14. The second-order valence-corrected chi connectivity index (χ2v) is 5.15. The third-order valence-corrected chi connectivity index (χ3v) is 3.40. The van der Waals surface area contributed by atoms with E-state index >= 15 is 0 Å². The van der Waals surface area contributed by atoms with Crippen LogP contribution in [0.2, 0.25) is 10.0 Å². The van der Waals surface area contributed by atoms with E-state index in [1.165, 1.54) is 11.1 Å². The van der Waals surface area contributed by atoms with Gasteiger partial charge in [0.05, 0.1) is 0 Å². The molecule has 1 nitrogen and oxygen atoms in total. The van der Waals surface area contributed by atoms with Gasteiger partial charge in [-0.3, -0.25) is 0 Å². The van der Waals surface area contributed by atoms with E-state index in [0.717, 1.165) is 16.6 Å². The zero-order valence-electron chi connectivity index (χ0n) is 10.2. The lowest BCUT2D eigenvalue weighted by molar-refractivity contribution is 0.575. The third kappa shape index (κ3) is 3.74. The molecule has 0 aliphatic rings. The first kappa shape index (κ1) is 13.4. The summed E-state index contributed by atoms with van der Waals surface area (Å²) in [5, 5.41) is 5.00. The standard InChI is InChI=1S/C15H15Cl2N/c1-11(13-4-8-15(17)9-5-13)18-10-12-2-6-14(16)7-3-12/h2-9,11,18H,10H2,1H3/t11-/m0/s1. The molecule has 0 unspecified atom stereocenters. The van der Waals surface area contributed by atoms with E-state index in [1.54, 1.807) is 0 Å². The molecule has 0 heterocycles. The first-order chi connectivity index (χ1) is 8.65. The van der Waals surface area contributed by atoms with Crippen LogP contribution in [0.15, 0.2) is 48.5 Å². The molecule has 18 heavy (non-hydrogen) atoms. The molecule has 3 heteroatoms. The molecule has 0 aliphatic heterocycles. The van der Waals surface area contributed by atoms with Gasteiger partial charge in [-0.15, -0.1) is 0 Å². The lowest BCUT2D eigenvalue weighted by atomic mass is 10.1. The zero-order valence-corrected chi connectivity index (χ0v) is 11.7. The number of nitrogens with one attached hydrogen (secondary N) is 1. The van der Waals surface area contributed by atoms with Gasteiger partial charge in [-0.05, 0) is 42.3 Å². The summed E-state index contributed by atoms with van der Waals surface area (Å²) in [5.74, 6) is 0. The Hall–Kier alpha value is -1.02. The third-order valence-electron chi connectivity index (χ3n) is 2.90. The van der Waals surface area contributed by atoms with Crippen molar-refractivity contribution in [2.75, 3.05) is 0 Å². The van der Waals surface area contributed by atoms with Gasteiger partial charge in [0.25, 0.3) is 0 Å². The fraction of sp³-hybridized carbons (Fsp3) is 0.200. The Labute approximate surface area is 118 Å². The topological polar surface area (TPSA) is 12.0 Å². The van der Waals surface area contributed by atoms with Crippen molar-refractivity contribution in [3.8, 4) is 0 Å². The van der Waals surface area contributed by atoms with Gasteiger partial charge in [0, 0.05) is 22.6 Å². The molecule has 2 aromatic carbocycles. The molecule has 1 N–H and O–H groups in total. The molecule has 0 aromatic heterocycles. The number of hydrogen-bond acceptors (Lipinski definition) is 1. The Morgan fingerprint density at radius 1 is 0.889 bits per heavy atom. The van der Waals surface area contributed by atoms with E-state index in [4.69, 9.17) is 23.2 Å². The van der Waals surface area contributed by atoms with Crippen LogP contribution >= 0.6 is 23.2 Å². The number of rotatable bonds is 4. The molecule has 94 valence electrons. The SMILES string of the molecule is C[C@H](NCc1ccc(Cl)cc1)c1ccc(Cl)cc1. The molecule has 0 aliphatic carbocycles. The van der Waals surface area contributed by atoms with Crippen molar-refractivity contribution in [3.63, 3.8) is 0 Å². The molecular weight excluding hydrogens is 265 g/mol. The van der Waals surface area contributed by atoms with Gasteiger partial charge < -0.3 is 5.32 Å². The van der Waals surface area contributed by atoms with Crippen LogP contribution in [0.4, 0.5) is 0 Å². The molecule has 2 rings (SSSR count). The van der Waals surface area contributed by atoms with Crippen molar-refractivity contribution in [2.24, 2.45) is 0 Å². The van der Waals surface area contributed by atoms with Gasteiger partial charge >= 0.3 is 0 Å². The largest absolute Gasteiger partial charge is 0.306 e. The molecule has 2 aromatic rings. The molecule has 0 saturated heterocycles. The Kier molecular flexibility index (Phi) is 4.65. The van der Waals surface area contributed by atoms with Crippen LogP contribution in [0.25, 0.3) is 0 Å². The van der Waals surface area contributed by atoms with E-state index < -0.39 is 0 Å². The van der Waals surface area contributed by atoms with Gasteiger partial charge in [-0.1, -0.05) is 47.5 Å². The maximum Gasteiger partial charge on any atom is 0.0406 e. The molecule has 0 saturated carbocycles. The first-order valence-electron chi connectivity index (χ1n) is 5.88. The van der Waals surface area contributed by atoms with E-state index in [9.17, 15) is 0 Å². The molecule has 0 amide bonds. The Balaban J connectivity index is 1.93. The van der Waals surface area contributed by atoms with E-state index in [1.807, 2.05) is 48.5 Å². The Bertz CT molecular complexity index is 491. The normalized spacial score (nSPS) is 12.4. The van der Waals surface area contributed by atoms with Crippen LogP contribution in [0.1, 0.15) is 24.1 Å². The fourth-order valence-corrected chi connectivity index (χ4v) is 1.99. The highest BCUT2D eigenvalue weighted by Crippen LogP contribution is 2.17. The van der Waals surface area contributed by atoms with Crippen LogP contribution in [-0.4, -0.2) is 0 Å². The Morgan fingerprint density at radius 3 is 1.94 bits per heavy atom. The summed E-state index contributed by atoms with van der Waals surface area (Å²) in [5.41, 5.74) is 2.45. The van der Waals surface area contributed by atoms with Gasteiger partial charge in [-0.2, -0.15) is 0 Å². The average molecular weight is 280 g/mol. The minimum atomic E-state index is 0.290. The predicted molar refractivity (Wildman–Crippen MR) is 78.2 cm³/mol. The van der Waals surface area contributed by atoms with Crippen LogP contribution in [0.3, 0.4) is 0 Å². The van der Waals surface area contributed by atoms with Crippen molar-refractivity contribution in [3.05, 3.63) is 69.7 Å². The van der Waals surface area contributed by atoms with Gasteiger partial charge in [0.2, 0.25) is 0 Å². The monoisotopic (exact) mass is 279 g/mol. The van der Waals surface area contributed by atoms with Crippen molar-refractivity contribution >= 4 is 23.2 Å². The molecule has 0 bridgehead atoms. The highest BCUT2D eigenvalue weighted by Gasteiger charge is 2.04. The van der Waals surface area contributed by atoms with Gasteiger partial charge in [0.15, 0.2) is 0 Å². The van der Waals surface area contributed by atoms with Crippen LogP contribution in [0, 0.1) is 0 Å². The van der Waals surface area contributed by atoms with Crippen molar-refractivity contribution in [2.45, 2.75) is 19.5 Å². The average Bonchev–Trinajstić information content (AvgIpc) is 2.38. The number of benzene rings is 2. The number of halogens is 2. The minimum Gasteiger partial charge on any atom is -0.306 e. The second-order valence-electron chi connectivity index (χ2n) is 4.28. The number of hydrogen-bond donors (Lipinski definition) is 1. The van der Waals surface area contributed by atoms with Crippen molar-refractivity contribution in [1.29, 1.82) is 0 Å². The summed E-state index contributed by atoms with van der Waals surface area (Å²) < 4.78 is 0. The quantitative estimate of drug-likeness (QED) is 0.844. The highest BCUT2D eigenvalue weighted by molar-refractivity contribution is 6.30. The van der Waals surface area contributed by atoms with Crippen molar-refractivity contribution in [1.82, 2.24) is 5.32 Å². The first-order valence-corrected chi connectivity index (χ1v) is 6.64. The highest BCUT2D eigenvalue weighted by atomic mass is 35.5. The summed E-state index contributed by atoms with van der Waals surface area (Å²) in [6, 6.07) is 16.1. The fourth-order valence-electron chi connectivity index (χ4n) is 1.74. The maximum absolute atomic E-state index is 5.87. The molecule has 0 spiro atoms. The molecule has 0 radical (unpaired) electrons. The Morgan fingerprint density at radius 2 is 1.39 bits per heavy atom. The maximum atomic E-state index is 5.87. The van der Waals surface area contributed by atoms with E-state index in [2.05, 4.69) is 12.2 Å². The summed E-state index contributed by atoms with van der Waals surface area (Å²) in [4.78, 5) is 0. The smallest absolute Gasteiger partial charge is 0.0406 e. The lowest BCUT2D eigenvalue weighted by Crippen LogP contribution is -2.17. The molecule has 0 fully saturated rings. The zero-order chi connectivity index (χ0) is 13.0. The van der Waals surface area contributed by atoms with E-state index in [0.29, 0.717) is 0 Å². The summed E-state index contributed by atoms with van der Waals surface area (Å²) >= 11 is 11.7. The van der Waals surface area contributed by atoms with E-state index in [-0.39, 0.29) is 6.04 Å².